The summed E-state index contributed by atoms with van der Waals surface area (Å²) in [6.07, 6.45) is 2.38. The number of hydrogen-bond acceptors (Lipinski definition) is 4. The standard InChI is InChI=1S/C22H26FN3O2/c1-22(2,3)13-21(27)26(14-16-8-4-5-9-18(16)23)15-17-12-20(25-28-17)19-10-6-7-11-24-19/h4-11,17H,12-15H2,1-3H3/t17-/m1/s1. The number of halogens is 1. The molecule has 148 valence electrons. The van der Waals surface area contributed by atoms with Gasteiger partial charge < -0.3 is 9.74 Å². The van der Waals surface area contributed by atoms with Gasteiger partial charge in [-0.3, -0.25) is 9.78 Å². The van der Waals surface area contributed by atoms with Crippen molar-refractivity contribution in [3.05, 3.63) is 65.7 Å². The van der Waals surface area contributed by atoms with E-state index in [2.05, 4.69) is 10.1 Å². The minimum absolute atomic E-state index is 0.0226. The second-order valence-electron chi connectivity index (χ2n) is 8.29. The molecule has 2 aromatic rings. The van der Waals surface area contributed by atoms with Gasteiger partial charge in [-0.1, -0.05) is 50.2 Å². The molecule has 3 rings (SSSR count). The maximum Gasteiger partial charge on any atom is 0.223 e. The lowest BCUT2D eigenvalue weighted by Gasteiger charge is -2.28. The summed E-state index contributed by atoms with van der Waals surface area (Å²) in [6.45, 7) is 6.60. The van der Waals surface area contributed by atoms with Crippen LogP contribution in [0.1, 0.15) is 44.9 Å². The van der Waals surface area contributed by atoms with Crippen LogP contribution >= 0.6 is 0 Å². The molecule has 0 spiro atoms. The third kappa shape index (κ3) is 5.38. The van der Waals surface area contributed by atoms with Gasteiger partial charge in [-0.05, 0) is 23.6 Å². The molecule has 0 N–H and O–H groups in total. The molecule has 1 atom stereocenters. The van der Waals surface area contributed by atoms with Crippen LogP contribution < -0.4 is 0 Å². The third-order valence-electron chi connectivity index (χ3n) is 4.47. The molecule has 1 aliphatic heterocycles. The molecule has 1 amide bonds. The fourth-order valence-electron chi connectivity index (χ4n) is 3.11. The second-order valence-corrected chi connectivity index (χ2v) is 8.29. The molecule has 1 aliphatic rings. The minimum atomic E-state index is -0.311. The van der Waals surface area contributed by atoms with Crippen molar-refractivity contribution in [1.29, 1.82) is 0 Å². The molecule has 0 fully saturated rings. The van der Waals surface area contributed by atoms with E-state index in [1.165, 1.54) is 6.07 Å². The summed E-state index contributed by atoms with van der Waals surface area (Å²) in [4.78, 5) is 24.4. The monoisotopic (exact) mass is 383 g/mol. The van der Waals surface area contributed by atoms with E-state index in [-0.39, 0.29) is 29.8 Å². The highest BCUT2D eigenvalue weighted by molar-refractivity contribution is 5.99. The van der Waals surface area contributed by atoms with Gasteiger partial charge in [0, 0.05) is 31.1 Å². The molecule has 5 nitrogen and oxygen atoms in total. The molecular formula is C22H26FN3O2. The first-order valence-electron chi connectivity index (χ1n) is 9.47. The number of nitrogens with zero attached hydrogens (tertiary/aromatic N) is 3. The van der Waals surface area contributed by atoms with Crippen LogP contribution in [0.3, 0.4) is 0 Å². The zero-order valence-electron chi connectivity index (χ0n) is 16.6. The Labute approximate surface area is 165 Å². The van der Waals surface area contributed by atoms with Gasteiger partial charge in [0.1, 0.15) is 11.5 Å². The van der Waals surface area contributed by atoms with E-state index in [4.69, 9.17) is 4.84 Å². The van der Waals surface area contributed by atoms with Crippen LogP contribution in [0, 0.1) is 11.2 Å². The van der Waals surface area contributed by atoms with E-state index in [0.29, 0.717) is 24.9 Å². The Hall–Kier alpha value is -2.76. The molecule has 1 aromatic carbocycles. The highest BCUT2D eigenvalue weighted by Gasteiger charge is 2.29. The summed E-state index contributed by atoms with van der Waals surface area (Å²) in [6, 6.07) is 12.2. The molecule has 0 saturated heterocycles. The van der Waals surface area contributed by atoms with E-state index >= 15 is 0 Å². The van der Waals surface area contributed by atoms with E-state index < -0.39 is 0 Å². The largest absolute Gasteiger partial charge is 0.390 e. The summed E-state index contributed by atoms with van der Waals surface area (Å²) in [5.74, 6) is -0.334. The van der Waals surface area contributed by atoms with Crippen molar-refractivity contribution in [3.63, 3.8) is 0 Å². The summed E-state index contributed by atoms with van der Waals surface area (Å²) in [5, 5.41) is 4.14. The highest BCUT2D eigenvalue weighted by Crippen LogP contribution is 2.23. The molecule has 0 saturated carbocycles. The third-order valence-corrected chi connectivity index (χ3v) is 4.47. The Bertz CT molecular complexity index is 846. The number of hydrogen-bond donors (Lipinski definition) is 0. The zero-order valence-corrected chi connectivity index (χ0v) is 16.6. The molecule has 1 aromatic heterocycles. The number of carbonyl (C=O) groups excluding carboxylic acids is 1. The van der Waals surface area contributed by atoms with Crippen LogP contribution in [-0.2, 0) is 16.2 Å². The van der Waals surface area contributed by atoms with E-state index in [1.54, 1.807) is 29.3 Å². The normalized spacial score (nSPS) is 16.4. The highest BCUT2D eigenvalue weighted by atomic mass is 19.1. The van der Waals surface area contributed by atoms with Crippen molar-refractivity contribution >= 4 is 11.6 Å². The lowest BCUT2D eigenvalue weighted by atomic mass is 9.91. The molecule has 0 bridgehead atoms. The summed E-state index contributed by atoms with van der Waals surface area (Å²) in [7, 11) is 0. The lowest BCUT2D eigenvalue weighted by Crippen LogP contribution is -2.39. The zero-order chi connectivity index (χ0) is 20.1. The number of carbonyl (C=O) groups is 1. The van der Waals surface area contributed by atoms with Gasteiger partial charge in [0.15, 0.2) is 6.10 Å². The summed E-state index contributed by atoms with van der Waals surface area (Å²) >= 11 is 0. The van der Waals surface area contributed by atoms with Gasteiger partial charge >= 0.3 is 0 Å². The lowest BCUT2D eigenvalue weighted by molar-refractivity contribution is -0.135. The smallest absolute Gasteiger partial charge is 0.223 e. The first kappa shape index (κ1) is 20.0. The van der Waals surface area contributed by atoms with Crippen molar-refractivity contribution in [2.75, 3.05) is 6.54 Å². The number of pyridine rings is 1. The fourth-order valence-corrected chi connectivity index (χ4v) is 3.11. The first-order valence-corrected chi connectivity index (χ1v) is 9.47. The van der Waals surface area contributed by atoms with Crippen LogP contribution in [0.25, 0.3) is 0 Å². The molecule has 2 heterocycles. The number of rotatable bonds is 6. The molecular weight excluding hydrogens is 357 g/mol. The number of oxime groups is 1. The number of amides is 1. The maximum absolute atomic E-state index is 14.1. The van der Waals surface area contributed by atoms with Gasteiger partial charge in [-0.2, -0.15) is 0 Å². The van der Waals surface area contributed by atoms with Crippen molar-refractivity contribution in [1.82, 2.24) is 9.88 Å². The van der Waals surface area contributed by atoms with Crippen molar-refractivity contribution < 1.29 is 14.0 Å². The van der Waals surface area contributed by atoms with Crippen molar-refractivity contribution in [2.24, 2.45) is 10.6 Å². The van der Waals surface area contributed by atoms with Gasteiger partial charge in [0.2, 0.25) is 5.91 Å². The predicted octanol–water partition coefficient (Wildman–Crippen LogP) is 4.18. The average molecular weight is 383 g/mol. The molecule has 0 aliphatic carbocycles. The Morgan fingerprint density at radius 3 is 2.64 bits per heavy atom. The Morgan fingerprint density at radius 2 is 1.96 bits per heavy atom. The Morgan fingerprint density at radius 1 is 1.21 bits per heavy atom. The fraction of sp³-hybridized carbons (Fsp3) is 0.409. The van der Waals surface area contributed by atoms with Gasteiger partial charge in [-0.15, -0.1) is 0 Å². The Kier molecular flexibility index (Phi) is 6.07. The predicted molar refractivity (Wildman–Crippen MR) is 106 cm³/mol. The average Bonchev–Trinajstić information content (AvgIpc) is 3.11. The molecule has 28 heavy (non-hydrogen) atoms. The van der Waals surface area contributed by atoms with Crippen LogP contribution in [-0.4, -0.2) is 34.2 Å². The van der Waals surface area contributed by atoms with Crippen LogP contribution in [0.15, 0.2) is 53.8 Å². The number of aromatic nitrogens is 1. The topological polar surface area (TPSA) is 54.8 Å². The van der Waals surface area contributed by atoms with Gasteiger partial charge in [0.25, 0.3) is 0 Å². The number of benzene rings is 1. The van der Waals surface area contributed by atoms with E-state index in [0.717, 1.165) is 11.4 Å². The van der Waals surface area contributed by atoms with Gasteiger partial charge in [0.05, 0.1) is 12.2 Å². The van der Waals surface area contributed by atoms with Crippen molar-refractivity contribution in [3.8, 4) is 0 Å². The van der Waals surface area contributed by atoms with Gasteiger partial charge in [-0.25, -0.2) is 4.39 Å². The van der Waals surface area contributed by atoms with Crippen molar-refractivity contribution in [2.45, 2.75) is 46.3 Å². The van der Waals surface area contributed by atoms with Crippen LogP contribution in [0.2, 0.25) is 0 Å². The van der Waals surface area contributed by atoms with Crippen LogP contribution in [0.5, 0.6) is 0 Å². The van der Waals surface area contributed by atoms with Crippen LogP contribution in [0.4, 0.5) is 4.39 Å². The molecule has 0 unspecified atom stereocenters. The molecule has 6 heteroatoms. The first-order chi connectivity index (χ1) is 13.3. The molecule has 0 radical (unpaired) electrons. The van der Waals surface area contributed by atoms with E-state index in [1.807, 2.05) is 39.0 Å². The van der Waals surface area contributed by atoms with E-state index in [9.17, 15) is 9.18 Å². The summed E-state index contributed by atoms with van der Waals surface area (Å²) in [5.41, 5.74) is 1.87. The minimum Gasteiger partial charge on any atom is -0.390 e. The summed E-state index contributed by atoms with van der Waals surface area (Å²) < 4.78 is 14.1. The SMILES string of the molecule is CC(C)(C)CC(=O)N(Cc1ccccc1F)C[C@H]1CC(c2ccccn2)=NO1. The Balaban J connectivity index is 1.71. The second kappa shape index (κ2) is 8.50. The quantitative estimate of drug-likeness (QED) is 0.752. The maximum atomic E-state index is 14.1.